The van der Waals surface area contributed by atoms with Crippen molar-refractivity contribution in [1.29, 1.82) is 0 Å². The summed E-state index contributed by atoms with van der Waals surface area (Å²) in [5.41, 5.74) is 2.11. The van der Waals surface area contributed by atoms with Crippen molar-refractivity contribution in [3.05, 3.63) is 82.5 Å². The Morgan fingerprint density at radius 3 is 2.33 bits per heavy atom. The number of nitrogens with zero attached hydrogens (tertiary/aromatic N) is 2. The number of halogens is 3. The van der Waals surface area contributed by atoms with Gasteiger partial charge in [-0.15, -0.1) is 13.2 Å². The van der Waals surface area contributed by atoms with Crippen LogP contribution in [0.15, 0.2) is 76.9 Å². The molecule has 2 aliphatic heterocycles. The van der Waals surface area contributed by atoms with Gasteiger partial charge in [-0.05, 0) is 74.2 Å². The van der Waals surface area contributed by atoms with Gasteiger partial charge in [-0.3, -0.25) is 24.1 Å². The minimum absolute atomic E-state index is 0.00445. The molecular weight excluding hydrogens is 605 g/mol. The summed E-state index contributed by atoms with van der Waals surface area (Å²) >= 11 is 0. The number of morpholine rings is 1. The molecular formula is C34H29F3N2O7. The third-order valence-electron chi connectivity index (χ3n) is 9.59. The zero-order valence-electron chi connectivity index (χ0n) is 24.7. The molecule has 2 amide bonds. The van der Waals surface area contributed by atoms with Gasteiger partial charge in [0.15, 0.2) is 11.6 Å². The monoisotopic (exact) mass is 634 g/mol. The van der Waals surface area contributed by atoms with Crippen molar-refractivity contribution >= 4 is 34.8 Å². The number of imide groups is 1. The SMILES string of the molecule is CC1=CC(=O)C2=C(C1=O)[C@@H](c1cc(OC(F)(F)F)ccc1O)C1=CC[C@@H]3C(=O)N(c4ccc(N5CCOCC5)cc4)C(=O)[C@@H]3[C@@H]1C2. The van der Waals surface area contributed by atoms with Crippen molar-refractivity contribution in [2.45, 2.75) is 32.0 Å². The number of hydrogen-bond acceptors (Lipinski definition) is 8. The fraction of sp³-hybridized carbons (Fsp3) is 0.353. The number of carbonyl (C=O) groups is 4. The molecule has 5 aliphatic rings. The molecule has 9 nitrogen and oxygen atoms in total. The van der Waals surface area contributed by atoms with E-state index in [1.165, 1.54) is 17.9 Å². The molecule has 3 aliphatic carbocycles. The highest BCUT2D eigenvalue weighted by Crippen LogP contribution is 2.56. The van der Waals surface area contributed by atoms with E-state index < -0.39 is 59.0 Å². The van der Waals surface area contributed by atoms with E-state index in [-0.39, 0.29) is 41.0 Å². The number of amides is 2. The fourth-order valence-corrected chi connectivity index (χ4v) is 7.57. The standard InChI is InChI=1S/C34H29F3N2O7/c1-17-14-27(41)25-16-23-21(28(30(25)31(17)42)24-15-20(6-9-26(24)40)46-34(35,36)37)7-8-22-29(23)33(44)39(32(22)43)19-4-2-18(3-5-19)38-10-12-45-13-11-38/h2-7,9,14-15,22-23,28-29,40H,8,10-13,16H2,1H3/t22-,23+,28+,29-/m0/s1. The van der Waals surface area contributed by atoms with E-state index in [4.69, 9.17) is 4.74 Å². The second-order valence-corrected chi connectivity index (χ2v) is 12.1. The summed E-state index contributed by atoms with van der Waals surface area (Å²) in [5, 5.41) is 10.9. The maximum atomic E-state index is 14.1. The third-order valence-corrected chi connectivity index (χ3v) is 9.59. The quantitative estimate of drug-likeness (QED) is 0.291. The molecule has 2 heterocycles. The number of alkyl halides is 3. The van der Waals surface area contributed by atoms with Crippen molar-refractivity contribution in [3.63, 3.8) is 0 Å². The van der Waals surface area contributed by atoms with Gasteiger partial charge in [0.25, 0.3) is 0 Å². The Morgan fingerprint density at radius 2 is 1.63 bits per heavy atom. The Hall–Kier alpha value is -4.71. The average molecular weight is 635 g/mol. The molecule has 2 saturated heterocycles. The maximum Gasteiger partial charge on any atom is 0.573 e. The van der Waals surface area contributed by atoms with Gasteiger partial charge in [-0.2, -0.15) is 0 Å². The number of Topliss-reactive ketones (excluding diaryl/α,β-unsaturated/α-hetero) is 1. The van der Waals surface area contributed by atoms with Gasteiger partial charge in [0.2, 0.25) is 11.8 Å². The number of benzene rings is 2. The predicted octanol–water partition coefficient (Wildman–Crippen LogP) is 4.76. The second kappa shape index (κ2) is 11.0. The van der Waals surface area contributed by atoms with Gasteiger partial charge in [0, 0.05) is 47.0 Å². The van der Waals surface area contributed by atoms with Crippen LogP contribution in [-0.2, 0) is 23.9 Å². The summed E-state index contributed by atoms with van der Waals surface area (Å²) in [4.78, 5) is 58.2. The first-order valence-corrected chi connectivity index (χ1v) is 15.0. The summed E-state index contributed by atoms with van der Waals surface area (Å²) in [6.07, 6.45) is -1.94. The normalized spacial score (nSPS) is 26.4. The molecule has 46 heavy (non-hydrogen) atoms. The Kier molecular flexibility index (Phi) is 7.15. The van der Waals surface area contributed by atoms with E-state index in [1.807, 2.05) is 12.1 Å². The fourth-order valence-electron chi connectivity index (χ4n) is 7.57. The lowest BCUT2D eigenvalue weighted by Gasteiger charge is -2.42. The van der Waals surface area contributed by atoms with Crippen LogP contribution in [-0.4, -0.2) is 61.2 Å². The van der Waals surface area contributed by atoms with Gasteiger partial charge in [-0.1, -0.05) is 11.6 Å². The van der Waals surface area contributed by atoms with E-state index in [0.717, 1.165) is 37.0 Å². The molecule has 0 aromatic heterocycles. The molecule has 0 spiro atoms. The van der Waals surface area contributed by atoms with Gasteiger partial charge >= 0.3 is 6.36 Å². The van der Waals surface area contributed by atoms with Crippen LogP contribution in [0.4, 0.5) is 24.5 Å². The average Bonchev–Trinajstić information content (AvgIpc) is 3.29. The van der Waals surface area contributed by atoms with Crippen molar-refractivity contribution < 1.29 is 46.9 Å². The maximum absolute atomic E-state index is 14.1. The van der Waals surface area contributed by atoms with Gasteiger partial charge in [-0.25, -0.2) is 0 Å². The molecule has 0 unspecified atom stereocenters. The van der Waals surface area contributed by atoms with E-state index in [1.54, 1.807) is 18.2 Å². The first-order chi connectivity index (χ1) is 21.9. The van der Waals surface area contributed by atoms with E-state index in [9.17, 15) is 37.5 Å². The first-order valence-electron chi connectivity index (χ1n) is 15.0. The summed E-state index contributed by atoms with van der Waals surface area (Å²) in [7, 11) is 0. The van der Waals surface area contributed by atoms with Crippen LogP contribution in [0.5, 0.6) is 11.5 Å². The van der Waals surface area contributed by atoms with Crippen LogP contribution in [0, 0.1) is 17.8 Å². The zero-order chi connectivity index (χ0) is 32.5. The van der Waals surface area contributed by atoms with Crippen molar-refractivity contribution in [2.75, 3.05) is 36.1 Å². The highest BCUT2D eigenvalue weighted by atomic mass is 19.4. The molecule has 0 saturated carbocycles. The number of hydrogen-bond donors (Lipinski definition) is 1. The summed E-state index contributed by atoms with van der Waals surface area (Å²) < 4.78 is 49.0. The highest BCUT2D eigenvalue weighted by molar-refractivity contribution is 6.25. The van der Waals surface area contributed by atoms with Crippen LogP contribution in [0.1, 0.15) is 31.2 Å². The topological polar surface area (TPSA) is 113 Å². The zero-order valence-corrected chi connectivity index (χ0v) is 24.7. The molecule has 238 valence electrons. The lowest BCUT2D eigenvalue weighted by atomic mass is 9.59. The van der Waals surface area contributed by atoms with E-state index >= 15 is 0 Å². The number of phenolic OH excluding ortho intramolecular Hbond substituents is 1. The number of rotatable bonds is 4. The Balaban J connectivity index is 1.28. The number of aromatic hydroxyl groups is 1. The molecule has 4 atom stereocenters. The number of ether oxygens (including phenoxy) is 2. The summed E-state index contributed by atoms with van der Waals surface area (Å²) in [6.45, 7) is 4.12. The van der Waals surface area contributed by atoms with Crippen LogP contribution in [0.25, 0.3) is 0 Å². The van der Waals surface area contributed by atoms with Crippen LogP contribution >= 0.6 is 0 Å². The van der Waals surface area contributed by atoms with Gasteiger partial charge in [0.05, 0.1) is 30.7 Å². The predicted molar refractivity (Wildman–Crippen MR) is 158 cm³/mol. The molecule has 12 heteroatoms. The molecule has 2 fully saturated rings. The largest absolute Gasteiger partial charge is 0.573 e. The first kappa shape index (κ1) is 30.0. The lowest BCUT2D eigenvalue weighted by Crippen LogP contribution is -2.40. The van der Waals surface area contributed by atoms with Gasteiger partial charge in [0.1, 0.15) is 11.5 Å². The molecule has 2 aromatic rings. The van der Waals surface area contributed by atoms with Crippen LogP contribution in [0.3, 0.4) is 0 Å². The Bertz CT molecular complexity index is 1770. The third kappa shape index (κ3) is 4.91. The molecule has 0 bridgehead atoms. The lowest BCUT2D eigenvalue weighted by molar-refractivity contribution is -0.274. The number of anilines is 2. The minimum Gasteiger partial charge on any atom is -0.508 e. The summed E-state index contributed by atoms with van der Waals surface area (Å²) in [5.74, 6) is -6.23. The number of allylic oxidation sites excluding steroid dienone is 6. The molecule has 0 radical (unpaired) electrons. The molecule has 1 N–H and O–H groups in total. The van der Waals surface area contributed by atoms with Crippen molar-refractivity contribution in [1.82, 2.24) is 0 Å². The van der Waals surface area contributed by atoms with Crippen LogP contribution in [0.2, 0.25) is 0 Å². The van der Waals surface area contributed by atoms with Crippen molar-refractivity contribution in [3.8, 4) is 11.5 Å². The van der Waals surface area contributed by atoms with Crippen LogP contribution < -0.4 is 14.5 Å². The number of phenols is 1. The van der Waals surface area contributed by atoms with E-state index in [2.05, 4.69) is 9.64 Å². The molecule has 2 aromatic carbocycles. The Labute approximate surface area is 261 Å². The molecule has 7 rings (SSSR count). The Morgan fingerprint density at radius 1 is 0.935 bits per heavy atom. The van der Waals surface area contributed by atoms with Crippen molar-refractivity contribution in [2.24, 2.45) is 17.8 Å². The second-order valence-electron chi connectivity index (χ2n) is 12.1. The van der Waals surface area contributed by atoms with E-state index in [0.29, 0.717) is 24.5 Å². The minimum atomic E-state index is -5.01. The van der Waals surface area contributed by atoms with Gasteiger partial charge < -0.3 is 19.5 Å². The smallest absolute Gasteiger partial charge is 0.508 e. The highest BCUT2D eigenvalue weighted by Gasteiger charge is 2.57. The number of fused-ring (bicyclic) bond motifs is 3. The summed E-state index contributed by atoms with van der Waals surface area (Å²) in [6, 6.07) is 10.1. The number of ketones is 2. The number of carbonyl (C=O) groups excluding carboxylic acids is 4.